The van der Waals surface area contributed by atoms with Crippen LogP contribution in [0.5, 0.6) is 0 Å². The largest absolute Gasteiger partial charge is 0.490 e. The summed E-state index contributed by atoms with van der Waals surface area (Å²) in [4.78, 5) is 46.7. The molecule has 12 heteroatoms. The SMILES string of the molecule is Cc1cc(NC(=O)NC2CCN(C3CC(=O)NC3=O)CC2)c2ccccc2c1.O=C(O)C(F)(F)F. The van der Waals surface area contributed by atoms with Gasteiger partial charge in [-0.15, -0.1) is 0 Å². The fourth-order valence-corrected chi connectivity index (χ4v) is 4.10. The molecule has 0 radical (unpaired) electrons. The lowest BCUT2D eigenvalue weighted by Crippen LogP contribution is -2.50. The van der Waals surface area contributed by atoms with Crippen molar-refractivity contribution in [1.82, 2.24) is 15.5 Å². The van der Waals surface area contributed by atoms with Crippen LogP contribution in [-0.2, 0) is 14.4 Å². The molecule has 0 aromatic heterocycles. The number of anilines is 1. The Morgan fingerprint density at radius 1 is 1.11 bits per heavy atom. The second-order valence-electron chi connectivity index (χ2n) is 8.38. The van der Waals surface area contributed by atoms with Gasteiger partial charge in [-0.05, 0) is 36.8 Å². The third-order valence-corrected chi connectivity index (χ3v) is 5.75. The van der Waals surface area contributed by atoms with Crippen LogP contribution in [0.2, 0.25) is 0 Å². The monoisotopic (exact) mass is 494 g/mol. The highest BCUT2D eigenvalue weighted by Crippen LogP contribution is 2.25. The van der Waals surface area contributed by atoms with E-state index >= 15 is 0 Å². The van der Waals surface area contributed by atoms with Crippen LogP contribution in [-0.4, -0.2) is 65.2 Å². The number of alkyl halides is 3. The van der Waals surface area contributed by atoms with Gasteiger partial charge in [0.25, 0.3) is 0 Å². The van der Waals surface area contributed by atoms with Crippen LogP contribution in [0.25, 0.3) is 10.8 Å². The summed E-state index contributed by atoms with van der Waals surface area (Å²) in [6.45, 7) is 3.38. The maximum atomic E-state index is 12.5. The second kappa shape index (κ2) is 10.7. The van der Waals surface area contributed by atoms with E-state index in [2.05, 4.69) is 22.0 Å². The number of aryl methyl sites for hydroxylation is 1. The average molecular weight is 494 g/mol. The van der Waals surface area contributed by atoms with Crippen molar-refractivity contribution >= 4 is 40.3 Å². The summed E-state index contributed by atoms with van der Waals surface area (Å²) in [6.07, 6.45) is -3.35. The number of nitrogens with one attached hydrogen (secondary N) is 3. The van der Waals surface area contributed by atoms with Gasteiger partial charge in [-0.25, -0.2) is 9.59 Å². The van der Waals surface area contributed by atoms with Gasteiger partial charge in [0.2, 0.25) is 11.8 Å². The van der Waals surface area contributed by atoms with Crippen LogP contribution in [0.1, 0.15) is 24.8 Å². The molecule has 0 saturated carbocycles. The maximum absolute atomic E-state index is 12.5. The van der Waals surface area contributed by atoms with Crippen LogP contribution < -0.4 is 16.0 Å². The standard InChI is InChI=1S/C21H24N4O3.C2HF3O2/c1-13-10-14-4-2-3-5-16(14)17(11-13)23-21(28)22-15-6-8-25(9-7-15)18-12-19(26)24-20(18)27;3-2(4,5)1(6)7/h2-5,10-11,15,18H,6-9,12H2,1H3,(H2,22,23,28)(H,24,26,27);(H,6,7). The molecule has 4 rings (SSSR count). The average Bonchev–Trinajstić information content (AvgIpc) is 3.11. The predicted octanol–water partition coefficient (Wildman–Crippen LogP) is 2.78. The lowest BCUT2D eigenvalue weighted by molar-refractivity contribution is -0.192. The van der Waals surface area contributed by atoms with Crippen molar-refractivity contribution in [2.75, 3.05) is 18.4 Å². The fourth-order valence-electron chi connectivity index (χ4n) is 4.10. The summed E-state index contributed by atoms with van der Waals surface area (Å²) in [5.41, 5.74) is 1.89. The Hall–Kier alpha value is -3.67. The van der Waals surface area contributed by atoms with Crippen molar-refractivity contribution in [3.05, 3.63) is 42.0 Å². The third kappa shape index (κ3) is 6.92. The molecule has 2 fully saturated rings. The minimum atomic E-state index is -5.08. The van der Waals surface area contributed by atoms with Gasteiger partial charge in [0.1, 0.15) is 0 Å². The Labute approximate surface area is 198 Å². The van der Waals surface area contributed by atoms with E-state index in [9.17, 15) is 27.6 Å². The quantitative estimate of drug-likeness (QED) is 0.486. The van der Waals surface area contributed by atoms with E-state index in [-0.39, 0.29) is 36.3 Å². The van der Waals surface area contributed by atoms with E-state index in [4.69, 9.17) is 9.90 Å². The number of urea groups is 1. The van der Waals surface area contributed by atoms with Gasteiger partial charge in [-0.2, -0.15) is 13.2 Å². The number of aliphatic carboxylic acids is 1. The van der Waals surface area contributed by atoms with E-state index in [0.717, 1.165) is 34.9 Å². The molecule has 35 heavy (non-hydrogen) atoms. The molecule has 1 atom stereocenters. The zero-order chi connectivity index (χ0) is 25.8. The van der Waals surface area contributed by atoms with Gasteiger partial charge < -0.3 is 15.7 Å². The van der Waals surface area contributed by atoms with Gasteiger partial charge in [-0.1, -0.05) is 30.3 Å². The van der Waals surface area contributed by atoms with Crippen LogP contribution in [0.3, 0.4) is 0 Å². The molecule has 0 aliphatic carbocycles. The number of hydrogen-bond acceptors (Lipinski definition) is 5. The van der Waals surface area contributed by atoms with E-state index in [1.807, 2.05) is 42.2 Å². The fraction of sp³-hybridized carbons (Fsp3) is 0.391. The number of imide groups is 1. The highest BCUT2D eigenvalue weighted by Gasteiger charge is 2.38. The van der Waals surface area contributed by atoms with Crippen LogP contribution >= 0.6 is 0 Å². The first-order valence-corrected chi connectivity index (χ1v) is 10.9. The second-order valence-corrected chi connectivity index (χ2v) is 8.38. The number of benzene rings is 2. The van der Waals surface area contributed by atoms with E-state index in [1.165, 1.54) is 0 Å². The topological polar surface area (TPSA) is 128 Å². The summed E-state index contributed by atoms with van der Waals surface area (Å²) >= 11 is 0. The first-order valence-electron chi connectivity index (χ1n) is 10.9. The lowest BCUT2D eigenvalue weighted by atomic mass is 10.0. The van der Waals surface area contributed by atoms with Crippen molar-refractivity contribution < 1.29 is 37.5 Å². The Balaban J connectivity index is 0.000000429. The first-order chi connectivity index (χ1) is 16.4. The smallest absolute Gasteiger partial charge is 0.475 e. The molecule has 2 aromatic rings. The molecule has 4 amide bonds. The van der Waals surface area contributed by atoms with Gasteiger partial charge in [-0.3, -0.25) is 19.8 Å². The van der Waals surface area contributed by atoms with Crippen LogP contribution in [0.4, 0.5) is 23.7 Å². The molecule has 2 aliphatic heterocycles. The number of rotatable bonds is 3. The minimum absolute atomic E-state index is 0.0486. The summed E-state index contributed by atoms with van der Waals surface area (Å²) in [7, 11) is 0. The molecule has 0 spiro atoms. The summed E-state index contributed by atoms with van der Waals surface area (Å²) < 4.78 is 31.7. The number of amides is 4. The lowest BCUT2D eigenvalue weighted by Gasteiger charge is -2.34. The number of piperidine rings is 1. The number of carbonyl (C=O) groups is 4. The molecule has 2 saturated heterocycles. The number of fused-ring (bicyclic) bond motifs is 1. The molecule has 188 valence electrons. The zero-order valence-corrected chi connectivity index (χ0v) is 18.8. The molecule has 9 nitrogen and oxygen atoms in total. The van der Waals surface area contributed by atoms with E-state index < -0.39 is 12.1 Å². The number of carboxylic acid groups (broad SMARTS) is 1. The summed E-state index contributed by atoms with van der Waals surface area (Å²) in [5.74, 6) is -3.17. The Bertz CT molecular complexity index is 1130. The number of hydrogen-bond donors (Lipinski definition) is 4. The van der Waals surface area contributed by atoms with Crippen molar-refractivity contribution in [2.45, 2.75) is 44.4 Å². The van der Waals surface area contributed by atoms with Gasteiger partial charge in [0, 0.05) is 24.5 Å². The number of likely N-dealkylation sites (tertiary alicyclic amines) is 1. The molecule has 2 heterocycles. The third-order valence-electron chi connectivity index (χ3n) is 5.75. The van der Waals surface area contributed by atoms with Crippen molar-refractivity contribution in [3.8, 4) is 0 Å². The molecular weight excluding hydrogens is 469 g/mol. The predicted molar refractivity (Wildman–Crippen MR) is 121 cm³/mol. The molecule has 1 unspecified atom stereocenters. The molecule has 0 bridgehead atoms. The Kier molecular flexibility index (Phi) is 7.95. The van der Waals surface area contributed by atoms with Gasteiger partial charge >= 0.3 is 18.2 Å². The number of nitrogens with zero attached hydrogens (tertiary/aromatic N) is 1. The highest BCUT2D eigenvalue weighted by atomic mass is 19.4. The molecule has 2 aromatic carbocycles. The first kappa shape index (κ1) is 25.9. The van der Waals surface area contributed by atoms with Gasteiger partial charge in [0.15, 0.2) is 0 Å². The van der Waals surface area contributed by atoms with E-state index in [1.54, 1.807) is 0 Å². The maximum Gasteiger partial charge on any atom is 0.490 e. The van der Waals surface area contributed by atoms with Crippen LogP contribution in [0.15, 0.2) is 36.4 Å². The molecule has 2 aliphatic rings. The molecular formula is C23H25F3N4O5. The number of carbonyl (C=O) groups excluding carboxylic acids is 3. The van der Waals surface area contributed by atoms with Crippen molar-refractivity contribution in [2.24, 2.45) is 0 Å². The highest BCUT2D eigenvalue weighted by molar-refractivity contribution is 6.05. The Morgan fingerprint density at radius 2 is 1.74 bits per heavy atom. The zero-order valence-electron chi connectivity index (χ0n) is 18.8. The number of halogens is 3. The van der Waals surface area contributed by atoms with Crippen LogP contribution in [0, 0.1) is 6.92 Å². The van der Waals surface area contributed by atoms with Crippen molar-refractivity contribution in [1.29, 1.82) is 0 Å². The summed E-state index contributed by atoms with van der Waals surface area (Å²) in [5, 5.41) is 17.6. The summed E-state index contributed by atoms with van der Waals surface area (Å²) in [6, 6.07) is 11.5. The van der Waals surface area contributed by atoms with Crippen molar-refractivity contribution in [3.63, 3.8) is 0 Å². The van der Waals surface area contributed by atoms with Gasteiger partial charge in [0.05, 0.1) is 18.2 Å². The molecule has 4 N–H and O–H groups in total. The van der Waals surface area contributed by atoms with E-state index in [0.29, 0.717) is 13.1 Å². The Morgan fingerprint density at radius 3 is 2.31 bits per heavy atom. The normalized spacial score (nSPS) is 19.0. The minimum Gasteiger partial charge on any atom is -0.475 e. The number of carboxylic acids is 1.